The molecule has 0 aromatic heterocycles. The van der Waals surface area contributed by atoms with Gasteiger partial charge in [0.05, 0.1) is 11.0 Å². The molecule has 166 valence electrons. The van der Waals surface area contributed by atoms with Crippen molar-refractivity contribution >= 4 is 29.5 Å². The summed E-state index contributed by atoms with van der Waals surface area (Å²) in [6.45, 7) is 1.39. The lowest BCUT2D eigenvalue weighted by Gasteiger charge is -2.55. The maximum atomic E-state index is 13.1. The van der Waals surface area contributed by atoms with Crippen molar-refractivity contribution in [3.05, 3.63) is 29.8 Å². The van der Waals surface area contributed by atoms with E-state index in [9.17, 15) is 19.2 Å². The summed E-state index contributed by atoms with van der Waals surface area (Å²) in [5.41, 5.74) is 0.662. The number of carbonyl (C=O) groups excluding carboxylic acids is 4. The summed E-state index contributed by atoms with van der Waals surface area (Å²) in [6.07, 6.45) is 5.69. The van der Waals surface area contributed by atoms with Gasteiger partial charge in [-0.1, -0.05) is 0 Å². The number of hydrogen-bond acceptors (Lipinski definition) is 5. The van der Waals surface area contributed by atoms with Gasteiger partial charge in [-0.2, -0.15) is 0 Å². The molecule has 8 heteroatoms. The van der Waals surface area contributed by atoms with Gasteiger partial charge >= 0.3 is 12.0 Å². The SMILES string of the molecule is CNC(=O)NC(=O)[C@H](C)OC(=O)c1ccc(NC(=O)C23CC4CC(CC(C4)C2)C3)cc1. The second kappa shape index (κ2) is 8.32. The van der Waals surface area contributed by atoms with Crippen LogP contribution in [0.2, 0.25) is 0 Å². The van der Waals surface area contributed by atoms with Crippen molar-refractivity contribution < 1.29 is 23.9 Å². The highest BCUT2D eigenvalue weighted by Gasteiger charge is 2.54. The van der Waals surface area contributed by atoms with Crippen molar-refractivity contribution in [3.63, 3.8) is 0 Å². The Morgan fingerprint density at radius 1 is 0.968 bits per heavy atom. The normalized spacial score (nSPS) is 29.0. The molecule has 0 unspecified atom stereocenters. The van der Waals surface area contributed by atoms with Crippen molar-refractivity contribution in [2.45, 2.75) is 51.6 Å². The van der Waals surface area contributed by atoms with Crippen LogP contribution in [0.4, 0.5) is 10.5 Å². The molecule has 3 N–H and O–H groups in total. The lowest BCUT2D eigenvalue weighted by molar-refractivity contribution is -0.140. The van der Waals surface area contributed by atoms with E-state index in [2.05, 4.69) is 16.0 Å². The largest absolute Gasteiger partial charge is 0.449 e. The van der Waals surface area contributed by atoms with E-state index in [0.717, 1.165) is 19.3 Å². The molecule has 0 heterocycles. The van der Waals surface area contributed by atoms with E-state index in [1.807, 2.05) is 0 Å². The number of urea groups is 1. The molecule has 0 aliphatic heterocycles. The summed E-state index contributed by atoms with van der Waals surface area (Å²) in [4.78, 5) is 48.4. The zero-order valence-electron chi connectivity index (χ0n) is 17.9. The summed E-state index contributed by atoms with van der Waals surface area (Å²) in [5, 5.41) is 7.36. The molecule has 4 bridgehead atoms. The summed E-state index contributed by atoms with van der Waals surface area (Å²) < 4.78 is 5.11. The van der Waals surface area contributed by atoms with Crippen molar-refractivity contribution in [1.82, 2.24) is 10.6 Å². The highest BCUT2D eigenvalue weighted by atomic mass is 16.5. The summed E-state index contributed by atoms with van der Waals surface area (Å²) in [7, 11) is 1.38. The number of amides is 4. The number of carbonyl (C=O) groups is 4. The highest BCUT2D eigenvalue weighted by molar-refractivity contribution is 5.99. The van der Waals surface area contributed by atoms with Gasteiger partial charge in [0.1, 0.15) is 0 Å². The number of esters is 1. The number of anilines is 1. The molecule has 1 aromatic rings. The maximum absolute atomic E-state index is 13.1. The van der Waals surface area contributed by atoms with Crippen LogP contribution in [-0.2, 0) is 14.3 Å². The first-order chi connectivity index (χ1) is 14.8. The third kappa shape index (κ3) is 4.43. The number of benzene rings is 1. The number of imide groups is 1. The quantitative estimate of drug-likeness (QED) is 0.626. The van der Waals surface area contributed by atoms with Gasteiger partial charge in [-0.05, 0) is 87.5 Å². The molecular weight excluding hydrogens is 398 g/mol. The fraction of sp³-hybridized carbons (Fsp3) is 0.565. The smallest absolute Gasteiger partial charge is 0.338 e. The molecule has 4 aliphatic rings. The molecule has 4 saturated carbocycles. The molecule has 31 heavy (non-hydrogen) atoms. The van der Waals surface area contributed by atoms with Gasteiger partial charge in [0.15, 0.2) is 6.10 Å². The maximum Gasteiger partial charge on any atom is 0.338 e. The van der Waals surface area contributed by atoms with E-state index in [1.165, 1.54) is 33.2 Å². The van der Waals surface area contributed by atoms with E-state index >= 15 is 0 Å². The number of ether oxygens (including phenoxy) is 1. The second-order valence-electron chi connectivity index (χ2n) is 9.35. The average Bonchev–Trinajstić information content (AvgIpc) is 2.73. The van der Waals surface area contributed by atoms with Crippen LogP contribution in [0.15, 0.2) is 24.3 Å². The Labute approximate surface area is 181 Å². The summed E-state index contributed by atoms with van der Waals surface area (Å²) in [6, 6.07) is 5.78. The highest BCUT2D eigenvalue weighted by Crippen LogP contribution is 2.60. The Morgan fingerprint density at radius 2 is 1.52 bits per heavy atom. The molecule has 4 amide bonds. The first kappa shape index (κ1) is 21.3. The number of hydrogen-bond donors (Lipinski definition) is 3. The summed E-state index contributed by atoms with van der Waals surface area (Å²) in [5.74, 6) is 0.775. The average molecular weight is 428 g/mol. The topological polar surface area (TPSA) is 114 Å². The van der Waals surface area contributed by atoms with Gasteiger partial charge in [-0.3, -0.25) is 14.9 Å². The summed E-state index contributed by atoms with van der Waals surface area (Å²) >= 11 is 0. The van der Waals surface area contributed by atoms with E-state index in [4.69, 9.17) is 4.74 Å². The van der Waals surface area contributed by atoms with Gasteiger partial charge in [-0.15, -0.1) is 0 Å². The fourth-order valence-corrected chi connectivity index (χ4v) is 5.90. The Bertz CT molecular complexity index is 860. The van der Waals surface area contributed by atoms with Gasteiger partial charge in [-0.25, -0.2) is 9.59 Å². The molecule has 0 radical (unpaired) electrons. The first-order valence-electron chi connectivity index (χ1n) is 10.9. The molecule has 0 saturated heterocycles. The Morgan fingerprint density at radius 3 is 2.03 bits per heavy atom. The van der Waals surface area contributed by atoms with Crippen molar-refractivity contribution in [1.29, 1.82) is 0 Å². The van der Waals surface area contributed by atoms with Gasteiger partial charge < -0.3 is 15.4 Å². The minimum atomic E-state index is -1.12. The first-order valence-corrected chi connectivity index (χ1v) is 10.9. The third-order valence-corrected chi connectivity index (χ3v) is 7.02. The molecular formula is C23H29N3O5. The third-order valence-electron chi connectivity index (χ3n) is 7.02. The van der Waals surface area contributed by atoms with E-state index < -0.39 is 24.0 Å². The van der Waals surface area contributed by atoms with Crippen LogP contribution in [0.3, 0.4) is 0 Å². The molecule has 8 nitrogen and oxygen atoms in total. The predicted octanol–water partition coefficient (Wildman–Crippen LogP) is 2.84. The lowest BCUT2D eigenvalue weighted by Crippen LogP contribution is -2.51. The van der Waals surface area contributed by atoms with E-state index in [-0.39, 0.29) is 16.9 Å². The molecule has 4 fully saturated rings. The van der Waals surface area contributed by atoms with Gasteiger partial charge in [0.25, 0.3) is 5.91 Å². The van der Waals surface area contributed by atoms with Crippen molar-refractivity contribution in [2.75, 3.05) is 12.4 Å². The molecule has 4 aliphatic carbocycles. The standard InChI is InChI=1S/C23H29N3O5/c1-13(19(27)26-22(30)24-2)31-20(28)17-3-5-18(6-4-17)25-21(29)23-10-14-7-15(11-23)9-16(8-14)12-23/h3-6,13-16H,7-12H2,1-2H3,(H,25,29)(H2,24,26,27,30)/t13-,14?,15?,16?,23?/m0/s1. The lowest BCUT2D eigenvalue weighted by atomic mass is 9.49. The van der Waals surface area contributed by atoms with E-state index in [0.29, 0.717) is 23.4 Å². The zero-order chi connectivity index (χ0) is 22.2. The van der Waals surface area contributed by atoms with Crippen LogP contribution in [0.25, 0.3) is 0 Å². The predicted molar refractivity (Wildman–Crippen MR) is 113 cm³/mol. The van der Waals surface area contributed by atoms with Crippen LogP contribution in [-0.4, -0.2) is 37.0 Å². The van der Waals surface area contributed by atoms with Crippen LogP contribution < -0.4 is 16.0 Å². The van der Waals surface area contributed by atoms with Gasteiger partial charge in [0, 0.05) is 12.7 Å². The van der Waals surface area contributed by atoms with Crippen molar-refractivity contribution in [3.8, 4) is 0 Å². The van der Waals surface area contributed by atoms with Crippen LogP contribution in [0.1, 0.15) is 55.8 Å². The minimum absolute atomic E-state index is 0.0985. The monoisotopic (exact) mass is 427 g/mol. The van der Waals surface area contributed by atoms with Crippen molar-refractivity contribution in [2.24, 2.45) is 23.2 Å². The second-order valence-corrected chi connectivity index (χ2v) is 9.35. The van der Waals surface area contributed by atoms with Crippen LogP contribution in [0, 0.1) is 23.2 Å². The Hall–Kier alpha value is -2.90. The molecule has 1 atom stereocenters. The molecule has 0 spiro atoms. The van der Waals surface area contributed by atoms with E-state index in [1.54, 1.807) is 24.3 Å². The Kier molecular flexibility index (Phi) is 5.73. The number of rotatable bonds is 5. The number of nitrogens with one attached hydrogen (secondary N) is 3. The van der Waals surface area contributed by atoms with Crippen LogP contribution in [0.5, 0.6) is 0 Å². The molecule has 1 aromatic carbocycles. The fourth-order valence-electron chi connectivity index (χ4n) is 5.90. The van der Waals surface area contributed by atoms with Gasteiger partial charge in [0.2, 0.25) is 5.91 Å². The zero-order valence-corrected chi connectivity index (χ0v) is 17.9. The molecule has 5 rings (SSSR count). The Balaban J connectivity index is 1.34. The minimum Gasteiger partial charge on any atom is -0.449 e. The van der Waals surface area contributed by atoms with Crippen LogP contribution >= 0.6 is 0 Å².